The van der Waals surface area contributed by atoms with E-state index in [0.717, 1.165) is 66.7 Å². The third-order valence-corrected chi connectivity index (χ3v) is 7.46. The molecule has 0 saturated carbocycles. The summed E-state index contributed by atoms with van der Waals surface area (Å²) in [4.78, 5) is 24.0. The van der Waals surface area contributed by atoms with Crippen LogP contribution in [0, 0.1) is 17.5 Å². The number of pyridine rings is 2. The molecule has 0 spiro atoms. The van der Waals surface area contributed by atoms with Crippen molar-refractivity contribution >= 4 is 29.0 Å². The van der Waals surface area contributed by atoms with Gasteiger partial charge in [0.05, 0.1) is 34.9 Å². The molecule has 1 amide bonds. The van der Waals surface area contributed by atoms with Crippen molar-refractivity contribution in [3.8, 4) is 11.3 Å². The summed E-state index contributed by atoms with van der Waals surface area (Å²) in [6.07, 6.45) is 5.36. The van der Waals surface area contributed by atoms with Crippen molar-refractivity contribution in [3.05, 3.63) is 64.9 Å². The fourth-order valence-electron chi connectivity index (χ4n) is 5.00. The van der Waals surface area contributed by atoms with Gasteiger partial charge in [-0.15, -0.1) is 11.8 Å². The van der Waals surface area contributed by atoms with Crippen LogP contribution in [0.3, 0.4) is 0 Å². The van der Waals surface area contributed by atoms with E-state index in [1.54, 1.807) is 6.26 Å². The third kappa shape index (κ3) is 4.90. The first-order valence-corrected chi connectivity index (χ1v) is 13.2. The largest absolute Gasteiger partial charge is 0.387 e. The number of nitrogens with two attached hydrogens (primary N) is 1. The van der Waals surface area contributed by atoms with Crippen LogP contribution in [0.2, 0.25) is 0 Å². The van der Waals surface area contributed by atoms with Crippen molar-refractivity contribution in [1.29, 1.82) is 0 Å². The number of aliphatic hydroxyl groups excluding tert-OH is 1. The summed E-state index contributed by atoms with van der Waals surface area (Å²) in [6.45, 7) is 1.31. The highest BCUT2D eigenvalue weighted by molar-refractivity contribution is 7.98. The van der Waals surface area contributed by atoms with Gasteiger partial charge in [-0.25, -0.2) is 18.2 Å². The number of hydrogen-bond acceptors (Lipinski definition) is 7. The maximum atomic E-state index is 14.7. The standard InChI is InChI=1S/C26H26F3N5O2S/c1-37-14-9-17(28)22(18(29)10-14)24-16(27)5-6-19(32-24)26(36)33-20-11-31-23-15(4-7-21(23)35)25(20)34-8-2-3-13(30)12-34/h5-6,9-11,13,21,35H,2-4,7-8,12,30H2,1H3,(H,33,36)/t13-,21-/m0/s1. The molecule has 7 nitrogen and oxygen atoms in total. The highest BCUT2D eigenvalue weighted by Crippen LogP contribution is 2.41. The third-order valence-electron chi connectivity index (χ3n) is 6.76. The number of carbonyl (C=O) groups is 1. The molecule has 37 heavy (non-hydrogen) atoms. The Morgan fingerprint density at radius 2 is 1.95 bits per heavy atom. The van der Waals surface area contributed by atoms with Crippen molar-refractivity contribution < 1.29 is 23.1 Å². The van der Waals surface area contributed by atoms with Crippen molar-refractivity contribution in [2.24, 2.45) is 5.73 Å². The second kappa shape index (κ2) is 10.3. The van der Waals surface area contributed by atoms with Crippen LogP contribution >= 0.6 is 11.8 Å². The molecule has 3 heterocycles. The lowest BCUT2D eigenvalue weighted by molar-refractivity contribution is 0.102. The molecule has 1 fully saturated rings. The van der Waals surface area contributed by atoms with Gasteiger partial charge < -0.3 is 21.1 Å². The Hall–Kier alpha value is -3.15. The van der Waals surface area contributed by atoms with Crippen LogP contribution in [0.5, 0.6) is 0 Å². The molecule has 2 aromatic heterocycles. The maximum absolute atomic E-state index is 14.7. The Kier molecular flexibility index (Phi) is 7.11. The molecule has 1 aromatic carbocycles. The maximum Gasteiger partial charge on any atom is 0.274 e. The average Bonchev–Trinajstić information content (AvgIpc) is 3.24. The summed E-state index contributed by atoms with van der Waals surface area (Å²) in [6, 6.07) is 4.27. The fraction of sp³-hybridized carbons (Fsp3) is 0.346. The smallest absolute Gasteiger partial charge is 0.274 e. The van der Waals surface area contributed by atoms with Crippen LogP contribution in [0.1, 0.15) is 47.1 Å². The molecule has 2 aliphatic rings. The number of carbonyl (C=O) groups excluding carboxylic acids is 1. The fourth-order valence-corrected chi connectivity index (χ4v) is 5.44. The minimum absolute atomic E-state index is 0.0314. The minimum atomic E-state index is -0.974. The zero-order chi connectivity index (χ0) is 26.3. The molecule has 1 aliphatic carbocycles. The Bertz CT molecular complexity index is 1350. The molecule has 5 rings (SSSR count). The highest BCUT2D eigenvalue weighted by Gasteiger charge is 2.31. The van der Waals surface area contributed by atoms with E-state index in [0.29, 0.717) is 35.7 Å². The van der Waals surface area contributed by atoms with Gasteiger partial charge in [0.15, 0.2) is 0 Å². The van der Waals surface area contributed by atoms with E-state index < -0.39 is 40.7 Å². The normalized spacial score (nSPS) is 19.1. The topological polar surface area (TPSA) is 104 Å². The number of nitrogens with one attached hydrogen (secondary N) is 1. The van der Waals surface area contributed by atoms with Gasteiger partial charge in [-0.05, 0) is 56.2 Å². The average molecular weight is 530 g/mol. The van der Waals surface area contributed by atoms with E-state index in [1.807, 2.05) is 0 Å². The number of fused-ring (bicyclic) bond motifs is 1. The molecule has 0 unspecified atom stereocenters. The molecule has 0 radical (unpaired) electrons. The van der Waals surface area contributed by atoms with Crippen LogP contribution in [0.25, 0.3) is 11.3 Å². The Morgan fingerprint density at radius 1 is 1.19 bits per heavy atom. The van der Waals surface area contributed by atoms with Crippen LogP contribution < -0.4 is 16.0 Å². The molecule has 1 saturated heterocycles. The number of aliphatic hydroxyl groups is 1. The van der Waals surface area contributed by atoms with E-state index in [1.165, 1.54) is 6.20 Å². The van der Waals surface area contributed by atoms with Crippen molar-refractivity contribution in [2.75, 3.05) is 29.6 Å². The summed E-state index contributed by atoms with van der Waals surface area (Å²) in [5.74, 6) is -3.59. The Balaban J connectivity index is 1.51. The van der Waals surface area contributed by atoms with Gasteiger partial charge in [0.1, 0.15) is 28.8 Å². The van der Waals surface area contributed by atoms with Crippen molar-refractivity contribution in [1.82, 2.24) is 9.97 Å². The highest BCUT2D eigenvalue weighted by atomic mass is 32.2. The lowest BCUT2D eigenvalue weighted by Crippen LogP contribution is -2.43. The number of anilines is 2. The van der Waals surface area contributed by atoms with Crippen LogP contribution in [-0.4, -0.2) is 46.4 Å². The van der Waals surface area contributed by atoms with E-state index >= 15 is 0 Å². The molecule has 2 atom stereocenters. The summed E-state index contributed by atoms with van der Waals surface area (Å²) in [5, 5.41) is 13.1. The predicted octanol–water partition coefficient (Wildman–Crippen LogP) is 4.44. The number of piperidine rings is 1. The van der Waals surface area contributed by atoms with Gasteiger partial charge in [0, 0.05) is 29.6 Å². The van der Waals surface area contributed by atoms with E-state index in [9.17, 15) is 23.1 Å². The number of amides is 1. The second-order valence-electron chi connectivity index (χ2n) is 9.23. The molecule has 0 bridgehead atoms. The molecule has 1 aliphatic heterocycles. The number of benzene rings is 1. The summed E-state index contributed by atoms with van der Waals surface area (Å²) >= 11 is 1.14. The van der Waals surface area contributed by atoms with Crippen LogP contribution in [-0.2, 0) is 6.42 Å². The quantitative estimate of drug-likeness (QED) is 0.420. The van der Waals surface area contributed by atoms with Gasteiger partial charge in [-0.1, -0.05) is 0 Å². The lowest BCUT2D eigenvalue weighted by atomic mass is 10.0. The molecule has 194 valence electrons. The van der Waals surface area contributed by atoms with Gasteiger partial charge in [0.2, 0.25) is 0 Å². The summed E-state index contributed by atoms with van der Waals surface area (Å²) < 4.78 is 44.0. The van der Waals surface area contributed by atoms with Crippen molar-refractivity contribution in [2.45, 2.75) is 42.7 Å². The first-order valence-electron chi connectivity index (χ1n) is 12.0. The van der Waals surface area contributed by atoms with E-state index in [2.05, 4.69) is 20.2 Å². The van der Waals surface area contributed by atoms with Gasteiger partial charge in [0.25, 0.3) is 5.91 Å². The number of nitrogens with zero attached hydrogens (tertiary/aromatic N) is 3. The Morgan fingerprint density at radius 3 is 2.65 bits per heavy atom. The first-order chi connectivity index (χ1) is 17.8. The van der Waals surface area contributed by atoms with Gasteiger partial charge in [-0.2, -0.15) is 0 Å². The molecule has 3 aromatic rings. The van der Waals surface area contributed by atoms with Crippen LogP contribution in [0.4, 0.5) is 24.5 Å². The molecular weight excluding hydrogens is 503 g/mol. The van der Waals surface area contributed by atoms with Crippen molar-refractivity contribution in [3.63, 3.8) is 0 Å². The number of aromatic nitrogens is 2. The second-order valence-corrected chi connectivity index (χ2v) is 10.1. The van der Waals surface area contributed by atoms with Gasteiger partial charge >= 0.3 is 0 Å². The number of halogens is 3. The number of thioether (sulfide) groups is 1. The molecule has 11 heteroatoms. The first kappa shape index (κ1) is 25.5. The number of rotatable bonds is 5. The van der Waals surface area contributed by atoms with Gasteiger partial charge in [-0.3, -0.25) is 9.78 Å². The molecule has 4 N–H and O–H groups in total. The van der Waals surface area contributed by atoms with E-state index in [-0.39, 0.29) is 11.7 Å². The lowest BCUT2D eigenvalue weighted by Gasteiger charge is -2.35. The predicted molar refractivity (Wildman–Crippen MR) is 136 cm³/mol. The van der Waals surface area contributed by atoms with E-state index in [4.69, 9.17) is 5.73 Å². The zero-order valence-corrected chi connectivity index (χ0v) is 20.9. The number of hydrogen-bond donors (Lipinski definition) is 3. The zero-order valence-electron chi connectivity index (χ0n) is 20.1. The Labute approximate surface area is 216 Å². The molecular formula is C26H26F3N5O2S. The summed E-state index contributed by atoms with van der Waals surface area (Å²) in [7, 11) is 0. The monoisotopic (exact) mass is 529 g/mol. The minimum Gasteiger partial charge on any atom is -0.387 e. The van der Waals surface area contributed by atoms with Crippen LogP contribution in [0.15, 0.2) is 35.4 Å². The SMILES string of the molecule is CSc1cc(F)c(-c2nc(C(=O)Nc3cnc4c(c3N3CCC[C@H](N)C3)CC[C@@H]4O)ccc2F)c(F)c1. The summed E-state index contributed by atoms with van der Waals surface area (Å²) in [5.41, 5.74) is 7.34.